The first-order valence-electron chi connectivity index (χ1n) is 9.76. The Morgan fingerprint density at radius 3 is 2.65 bits per heavy atom. The van der Waals surface area contributed by atoms with E-state index in [4.69, 9.17) is 0 Å². The van der Waals surface area contributed by atoms with Crippen LogP contribution in [0, 0.1) is 0 Å². The molecule has 1 aromatic heterocycles. The van der Waals surface area contributed by atoms with Gasteiger partial charge in [0.2, 0.25) is 11.8 Å². The van der Waals surface area contributed by atoms with Crippen molar-refractivity contribution in [2.45, 2.75) is 38.3 Å². The zero-order valence-corrected chi connectivity index (χ0v) is 16.1. The van der Waals surface area contributed by atoms with Gasteiger partial charge in [-0.1, -0.05) is 0 Å². The summed E-state index contributed by atoms with van der Waals surface area (Å²) in [7, 11) is 0. The van der Waals surface area contributed by atoms with E-state index in [-0.39, 0.29) is 11.8 Å². The molecule has 4 rings (SSSR count). The van der Waals surface area contributed by atoms with Gasteiger partial charge in [-0.15, -0.1) is 11.3 Å². The van der Waals surface area contributed by atoms with Crippen molar-refractivity contribution in [1.29, 1.82) is 0 Å². The van der Waals surface area contributed by atoms with E-state index in [1.54, 1.807) is 11.3 Å². The fraction of sp³-hybridized carbons (Fsp3) is 0.684. The summed E-state index contributed by atoms with van der Waals surface area (Å²) in [5.74, 6) is 0.261. The third-order valence-electron chi connectivity index (χ3n) is 5.90. The second kappa shape index (κ2) is 8.06. The maximum atomic E-state index is 12.5. The van der Waals surface area contributed by atoms with E-state index in [1.165, 1.54) is 10.4 Å². The monoisotopic (exact) mass is 376 g/mol. The van der Waals surface area contributed by atoms with E-state index in [1.807, 2.05) is 9.80 Å². The zero-order valence-electron chi connectivity index (χ0n) is 15.3. The van der Waals surface area contributed by atoms with Gasteiger partial charge in [0.1, 0.15) is 0 Å². The highest BCUT2D eigenvalue weighted by Gasteiger charge is 2.31. The van der Waals surface area contributed by atoms with Crippen LogP contribution in [-0.4, -0.2) is 78.4 Å². The van der Waals surface area contributed by atoms with Gasteiger partial charge in [0.15, 0.2) is 0 Å². The lowest BCUT2D eigenvalue weighted by Gasteiger charge is -2.32. The van der Waals surface area contributed by atoms with Crippen LogP contribution in [0.2, 0.25) is 0 Å². The van der Waals surface area contributed by atoms with Gasteiger partial charge in [0.25, 0.3) is 0 Å². The Balaban J connectivity index is 1.22. The van der Waals surface area contributed by atoms with Crippen LogP contribution >= 0.6 is 11.3 Å². The van der Waals surface area contributed by atoms with Crippen molar-refractivity contribution in [2.24, 2.45) is 0 Å². The summed E-state index contributed by atoms with van der Waals surface area (Å²) in [5, 5.41) is 5.48. The van der Waals surface area contributed by atoms with Crippen molar-refractivity contribution >= 4 is 23.2 Å². The Morgan fingerprint density at radius 2 is 1.85 bits per heavy atom. The molecule has 0 aromatic carbocycles. The molecule has 0 radical (unpaired) electrons. The lowest BCUT2D eigenvalue weighted by atomic mass is 10.1. The number of nitrogens with zero attached hydrogens (tertiary/aromatic N) is 3. The van der Waals surface area contributed by atoms with E-state index >= 15 is 0 Å². The molecule has 7 heteroatoms. The molecule has 0 saturated carbocycles. The average Bonchev–Trinajstić information content (AvgIpc) is 3.35. The summed E-state index contributed by atoms with van der Waals surface area (Å²) < 4.78 is 0. The third kappa shape index (κ3) is 3.94. The van der Waals surface area contributed by atoms with E-state index in [0.29, 0.717) is 25.4 Å². The van der Waals surface area contributed by atoms with Crippen LogP contribution in [0.3, 0.4) is 0 Å². The normalized spacial score (nSPS) is 23.9. The van der Waals surface area contributed by atoms with Crippen LogP contribution in [0.5, 0.6) is 0 Å². The maximum Gasteiger partial charge on any atom is 0.223 e. The van der Waals surface area contributed by atoms with Crippen LogP contribution in [0.15, 0.2) is 11.4 Å². The first kappa shape index (κ1) is 17.9. The van der Waals surface area contributed by atoms with Crippen LogP contribution in [0.1, 0.15) is 29.7 Å². The Morgan fingerprint density at radius 1 is 1.08 bits per heavy atom. The minimum absolute atomic E-state index is 0.119. The van der Waals surface area contributed by atoms with Crippen molar-refractivity contribution in [3.63, 3.8) is 0 Å². The summed E-state index contributed by atoms with van der Waals surface area (Å²) in [6.45, 7) is 7.39. The standard InChI is InChI=1S/C19H28N4O2S/c24-18(22-9-4-17-15(13-22)5-12-26-17)1-2-19(25)23-8-3-16(14-23)21-10-6-20-7-11-21/h5,12,16,20H,1-4,6-11,13-14H2. The fourth-order valence-electron chi connectivity index (χ4n) is 4.31. The van der Waals surface area contributed by atoms with E-state index in [9.17, 15) is 9.59 Å². The van der Waals surface area contributed by atoms with Crippen molar-refractivity contribution in [3.05, 3.63) is 21.9 Å². The number of carbonyl (C=O) groups excluding carboxylic acids is 2. The van der Waals surface area contributed by atoms with E-state index in [2.05, 4.69) is 21.7 Å². The second-order valence-corrected chi connectivity index (χ2v) is 8.50. The molecule has 2 fully saturated rings. The van der Waals surface area contributed by atoms with Gasteiger partial charge in [-0.3, -0.25) is 14.5 Å². The Bertz CT molecular complexity index is 656. The molecule has 0 aliphatic carbocycles. The minimum atomic E-state index is 0.119. The van der Waals surface area contributed by atoms with Gasteiger partial charge < -0.3 is 15.1 Å². The molecular weight excluding hydrogens is 348 g/mol. The van der Waals surface area contributed by atoms with E-state index < -0.39 is 0 Å². The largest absolute Gasteiger partial charge is 0.341 e. The van der Waals surface area contributed by atoms with Crippen LogP contribution < -0.4 is 5.32 Å². The predicted molar refractivity (Wildman–Crippen MR) is 102 cm³/mol. The molecule has 0 spiro atoms. The number of hydrogen-bond acceptors (Lipinski definition) is 5. The zero-order chi connectivity index (χ0) is 17.9. The molecule has 1 N–H and O–H groups in total. The van der Waals surface area contributed by atoms with Crippen molar-refractivity contribution in [1.82, 2.24) is 20.0 Å². The first-order valence-corrected chi connectivity index (χ1v) is 10.6. The van der Waals surface area contributed by atoms with Gasteiger partial charge in [-0.05, 0) is 29.9 Å². The third-order valence-corrected chi connectivity index (χ3v) is 6.92. The molecule has 26 heavy (non-hydrogen) atoms. The molecule has 1 atom stereocenters. The fourth-order valence-corrected chi connectivity index (χ4v) is 5.19. The quantitative estimate of drug-likeness (QED) is 0.849. The number of amides is 2. The number of carbonyl (C=O) groups is 2. The Labute approximate surface area is 159 Å². The van der Waals surface area contributed by atoms with Crippen LogP contribution in [0.25, 0.3) is 0 Å². The minimum Gasteiger partial charge on any atom is -0.341 e. The molecule has 2 saturated heterocycles. The molecular formula is C19H28N4O2S. The smallest absolute Gasteiger partial charge is 0.223 e. The molecule has 0 bridgehead atoms. The van der Waals surface area contributed by atoms with E-state index in [0.717, 1.165) is 58.7 Å². The molecule has 3 aliphatic rings. The predicted octanol–water partition coefficient (Wildman–Crippen LogP) is 0.919. The average molecular weight is 377 g/mol. The molecule has 2 amide bonds. The summed E-state index contributed by atoms with van der Waals surface area (Å²) in [4.78, 5) is 32.8. The lowest BCUT2D eigenvalue weighted by Crippen LogP contribution is -2.49. The Kier molecular flexibility index (Phi) is 5.57. The Hall–Kier alpha value is -1.44. The van der Waals surface area contributed by atoms with Gasteiger partial charge in [-0.25, -0.2) is 0 Å². The highest BCUT2D eigenvalue weighted by molar-refractivity contribution is 7.10. The van der Waals surface area contributed by atoms with Crippen molar-refractivity contribution in [3.8, 4) is 0 Å². The van der Waals surface area contributed by atoms with Crippen molar-refractivity contribution < 1.29 is 9.59 Å². The summed E-state index contributed by atoms with van der Waals surface area (Å²) in [6.07, 6.45) is 2.70. The van der Waals surface area contributed by atoms with Gasteiger partial charge in [0.05, 0.1) is 0 Å². The molecule has 142 valence electrons. The number of rotatable bonds is 4. The highest BCUT2D eigenvalue weighted by Crippen LogP contribution is 2.24. The van der Waals surface area contributed by atoms with Gasteiger partial charge >= 0.3 is 0 Å². The first-order chi connectivity index (χ1) is 12.7. The summed E-state index contributed by atoms with van der Waals surface area (Å²) in [5.41, 5.74) is 1.28. The molecule has 1 aromatic rings. The number of fused-ring (bicyclic) bond motifs is 1. The topological polar surface area (TPSA) is 55.9 Å². The molecule has 3 aliphatic heterocycles. The van der Waals surface area contributed by atoms with Crippen molar-refractivity contribution in [2.75, 3.05) is 45.8 Å². The number of hydrogen-bond donors (Lipinski definition) is 1. The number of piperazine rings is 1. The summed E-state index contributed by atoms with van der Waals surface area (Å²) in [6, 6.07) is 2.61. The van der Waals surface area contributed by atoms with Crippen LogP contribution in [-0.2, 0) is 22.6 Å². The second-order valence-electron chi connectivity index (χ2n) is 7.50. The molecule has 1 unspecified atom stereocenters. The van der Waals surface area contributed by atoms with Crippen LogP contribution in [0.4, 0.5) is 0 Å². The summed E-state index contributed by atoms with van der Waals surface area (Å²) >= 11 is 1.78. The van der Waals surface area contributed by atoms with Gasteiger partial charge in [0, 0.05) is 76.1 Å². The highest BCUT2D eigenvalue weighted by atomic mass is 32.1. The SMILES string of the molecule is O=C(CCC(=O)N1CCC(N2CCNCC2)C1)N1CCc2sccc2C1. The number of likely N-dealkylation sites (tertiary alicyclic amines) is 1. The number of nitrogens with one attached hydrogen (secondary N) is 1. The molecule has 4 heterocycles. The number of thiophene rings is 1. The lowest BCUT2D eigenvalue weighted by molar-refractivity contribution is -0.137. The molecule has 6 nitrogen and oxygen atoms in total. The maximum absolute atomic E-state index is 12.5. The van der Waals surface area contributed by atoms with Gasteiger partial charge in [-0.2, -0.15) is 0 Å².